The van der Waals surface area contributed by atoms with E-state index in [1.165, 1.54) is 12.1 Å². The van der Waals surface area contributed by atoms with Gasteiger partial charge in [-0.15, -0.1) is 0 Å². The highest BCUT2D eigenvalue weighted by molar-refractivity contribution is 6.05. The van der Waals surface area contributed by atoms with E-state index < -0.39 is 22.7 Å². The fourth-order valence-electron chi connectivity index (χ4n) is 5.32. The lowest BCUT2D eigenvalue weighted by Crippen LogP contribution is -2.30. The summed E-state index contributed by atoms with van der Waals surface area (Å²) >= 11 is 0. The molecule has 0 aliphatic carbocycles. The predicted octanol–water partition coefficient (Wildman–Crippen LogP) is 8.01. The highest BCUT2D eigenvalue weighted by Gasteiger charge is 2.41. The van der Waals surface area contributed by atoms with Crippen LogP contribution in [0.5, 0.6) is 0 Å². The Morgan fingerprint density at radius 3 is 1.18 bits per heavy atom. The molecule has 5 nitrogen and oxygen atoms in total. The van der Waals surface area contributed by atoms with Crippen molar-refractivity contribution in [1.82, 2.24) is 0 Å². The summed E-state index contributed by atoms with van der Waals surface area (Å²) in [5.41, 5.74) is 3.20. The van der Waals surface area contributed by atoms with Crippen molar-refractivity contribution in [2.75, 3.05) is 0 Å². The molecule has 0 aliphatic rings. The predicted molar refractivity (Wildman–Crippen MR) is 156 cm³/mol. The highest BCUT2D eigenvalue weighted by atomic mass is 16.6. The summed E-state index contributed by atoms with van der Waals surface area (Å²) < 4.78 is 0. The van der Waals surface area contributed by atoms with Gasteiger partial charge in [-0.05, 0) is 16.7 Å². The van der Waals surface area contributed by atoms with Gasteiger partial charge in [0, 0.05) is 29.2 Å². The standard InChI is InChI=1S/C35H27NO4/c37-34(28-17-9-3-10-18-28)32(25-13-5-1-6-14-25)31(27-21-23-30(24-22-27)36(39)40)33(26-15-7-2-8-16-26)35(38)29-19-11-4-12-20-29/h1-24,31-33H. The number of nitro groups is 1. The molecule has 5 heteroatoms. The van der Waals surface area contributed by atoms with Gasteiger partial charge in [-0.2, -0.15) is 0 Å². The Bertz CT molecular complexity index is 1490. The minimum Gasteiger partial charge on any atom is -0.293 e. The number of non-ortho nitro benzene ring substituents is 1. The zero-order chi connectivity index (χ0) is 27.9. The maximum Gasteiger partial charge on any atom is 0.269 e. The molecule has 0 aliphatic heterocycles. The van der Waals surface area contributed by atoms with Crippen molar-refractivity contribution in [3.05, 3.63) is 184 Å². The van der Waals surface area contributed by atoms with E-state index in [1.807, 2.05) is 97.1 Å². The first-order chi connectivity index (χ1) is 19.5. The van der Waals surface area contributed by atoms with Gasteiger partial charge in [0.25, 0.3) is 5.69 Å². The van der Waals surface area contributed by atoms with Gasteiger partial charge in [-0.3, -0.25) is 19.7 Å². The Hall–Kier alpha value is -5.16. The van der Waals surface area contributed by atoms with Crippen LogP contribution in [-0.2, 0) is 0 Å². The van der Waals surface area contributed by atoms with E-state index in [1.54, 1.807) is 36.4 Å². The average Bonchev–Trinajstić information content (AvgIpc) is 3.02. The van der Waals surface area contributed by atoms with E-state index in [-0.39, 0.29) is 17.3 Å². The second kappa shape index (κ2) is 12.1. The minimum absolute atomic E-state index is 0.0567. The topological polar surface area (TPSA) is 77.3 Å². The largest absolute Gasteiger partial charge is 0.293 e. The van der Waals surface area contributed by atoms with Gasteiger partial charge in [-0.1, -0.05) is 133 Å². The van der Waals surface area contributed by atoms with Gasteiger partial charge < -0.3 is 0 Å². The molecule has 5 rings (SSSR count). The van der Waals surface area contributed by atoms with E-state index in [4.69, 9.17) is 0 Å². The molecule has 0 fully saturated rings. The molecule has 5 aromatic rings. The Morgan fingerprint density at radius 2 is 0.825 bits per heavy atom. The molecule has 40 heavy (non-hydrogen) atoms. The van der Waals surface area contributed by atoms with Crippen LogP contribution in [0, 0.1) is 10.1 Å². The molecule has 0 radical (unpaired) electrons. The van der Waals surface area contributed by atoms with Crippen molar-refractivity contribution in [3.8, 4) is 0 Å². The lowest BCUT2D eigenvalue weighted by atomic mass is 9.67. The Labute approximate surface area is 232 Å². The molecule has 0 heterocycles. The number of carbonyl (C=O) groups excluding carboxylic acids is 2. The number of hydrogen-bond acceptors (Lipinski definition) is 4. The van der Waals surface area contributed by atoms with Gasteiger partial charge in [0.15, 0.2) is 11.6 Å². The fraction of sp³-hybridized carbons (Fsp3) is 0.0857. The third kappa shape index (κ3) is 5.64. The van der Waals surface area contributed by atoms with E-state index in [0.717, 1.165) is 11.1 Å². The Kier molecular flexibility index (Phi) is 8.02. The van der Waals surface area contributed by atoms with Gasteiger partial charge >= 0.3 is 0 Å². The van der Waals surface area contributed by atoms with Crippen LogP contribution in [0.4, 0.5) is 5.69 Å². The van der Waals surface area contributed by atoms with Crippen LogP contribution in [-0.4, -0.2) is 16.5 Å². The third-order valence-corrected chi connectivity index (χ3v) is 7.21. The molecular weight excluding hydrogens is 498 g/mol. The molecule has 0 N–H and O–H groups in total. The first kappa shape index (κ1) is 26.4. The van der Waals surface area contributed by atoms with Crippen molar-refractivity contribution in [2.45, 2.75) is 17.8 Å². The highest BCUT2D eigenvalue weighted by Crippen LogP contribution is 2.47. The first-order valence-electron chi connectivity index (χ1n) is 13.1. The molecule has 0 aromatic heterocycles. The number of carbonyl (C=O) groups is 2. The molecular formula is C35H27NO4. The van der Waals surface area contributed by atoms with Gasteiger partial charge in [0.2, 0.25) is 0 Å². The maximum absolute atomic E-state index is 14.4. The number of benzene rings is 5. The molecule has 2 atom stereocenters. The van der Waals surface area contributed by atoms with Crippen LogP contribution in [0.15, 0.2) is 146 Å². The van der Waals surface area contributed by atoms with E-state index in [0.29, 0.717) is 16.7 Å². The lowest BCUT2D eigenvalue weighted by molar-refractivity contribution is -0.384. The first-order valence-corrected chi connectivity index (χ1v) is 13.1. The Morgan fingerprint density at radius 1 is 0.475 bits per heavy atom. The summed E-state index contributed by atoms with van der Waals surface area (Å²) in [5, 5.41) is 11.5. The van der Waals surface area contributed by atoms with Crippen LogP contribution < -0.4 is 0 Å². The van der Waals surface area contributed by atoms with E-state index >= 15 is 0 Å². The quantitative estimate of drug-likeness (QED) is 0.105. The molecule has 0 saturated carbocycles. The molecule has 196 valence electrons. The van der Waals surface area contributed by atoms with Crippen molar-refractivity contribution in [3.63, 3.8) is 0 Å². The van der Waals surface area contributed by atoms with E-state index in [9.17, 15) is 19.7 Å². The molecule has 2 unspecified atom stereocenters. The van der Waals surface area contributed by atoms with Crippen molar-refractivity contribution in [2.24, 2.45) is 0 Å². The van der Waals surface area contributed by atoms with Gasteiger partial charge in [0.1, 0.15) is 0 Å². The third-order valence-electron chi connectivity index (χ3n) is 7.21. The van der Waals surface area contributed by atoms with Crippen LogP contribution in [0.3, 0.4) is 0 Å². The number of rotatable bonds is 10. The summed E-state index contributed by atoms with van der Waals surface area (Å²) in [4.78, 5) is 39.8. The number of hydrogen-bond donors (Lipinski definition) is 0. The summed E-state index contributed by atoms with van der Waals surface area (Å²) in [5.74, 6) is -2.41. The van der Waals surface area contributed by atoms with Crippen molar-refractivity contribution >= 4 is 17.3 Å². The Balaban J connectivity index is 1.78. The second-order valence-electron chi connectivity index (χ2n) is 9.61. The maximum atomic E-state index is 14.4. The second-order valence-corrected chi connectivity index (χ2v) is 9.61. The van der Waals surface area contributed by atoms with Crippen LogP contribution >= 0.6 is 0 Å². The number of nitro benzene ring substituents is 1. The molecule has 0 spiro atoms. The van der Waals surface area contributed by atoms with Crippen LogP contribution in [0.2, 0.25) is 0 Å². The lowest BCUT2D eigenvalue weighted by Gasteiger charge is -2.34. The van der Waals surface area contributed by atoms with Crippen LogP contribution in [0.1, 0.15) is 55.2 Å². The normalized spacial score (nSPS) is 13.1. The molecule has 5 aromatic carbocycles. The molecule has 0 saturated heterocycles. The van der Waals surface area contributed by atoms with E-state index in [2.05, 4.69) is 0 Å². The summed E-state index contributed by atoms with van der Waals surface area (Å²) in [6.45, 7) is 0. The average molecular weight is 526 g/mol. The summed E-state index contributed by atoms with van der Waals surface area (Å²) in [6, 6.07) is 43.2. The SMILES string of the molecule is O=C(c1ccccc1)C(c1ccccc1)C(c1ccc([N+](=O)[O-])cc1)C(C(=O)c1ccccc1)c1ccccc1. The number of nitrogens with zero attached hydrogens (tertiary/aromatic N) is 1. The minimum atomic E-state index is -0.747. The summed E-state index contributed by atoms with van der Waals surface area (Å²) in [7, 11) is 0. The monoisotopic (exact) mass is 525 g/mol. The van der Waals surface area contributed by atoms with Gasteiger partial charge in [0.05, 0.1) is 16.8 Å². The van der Waals surface area contributed by atoms with Crippen molar-refractivity contribution in [1.29, 1.82) is 0 Å². The van der Waals surface area contributed by atoms with Crippen LogP contribution in [0.25, 0.3) is 0 Å². The van der Waals surface area contributed by atoms with Crippen molar-refractivity contribution < 1.29 is 14.5 Å². The molecule has 0 amide bonds. The number of ketones is 2. The molecule has 0 bridgehead atoms. The van der Waals surface area contributed by atoms with Gasteiger partial charge in [-0.25, -0.2) is 0 Å². The smallest absolute Gasteiger partial charge is 0.269 e. The number of Topliss-reactive ketones (excluding diaryl/α,β-unsaturated/α-hetero) is 2. The summed E-state index contributed by atoms with van der Waals surface area (Å²) in [6.07, 6.45) is 0. The zero-order valence-electron chi connectivity index (χ0n) is 21.7. The zero-order valence-corrected chi connectivity index (χ0v) is 21.7. The fourth-order valence-corrected chi connectivity index (χ4v) is 5.32.